The number of carbonyl (C=O) groups is 2. The van der Waals surface area contributed by atoms with Gasteiger partial charge in [-0.25, -0.2) is 4.98 Å². The van der Waals surface area contributed by atoms with Gasteiger partial charge in [0.1, 0.15) is 6.33 Å². The number of fused-ring (bicyclic) bond motifs is 1. The molecule has 0 N–H and O–H groups in total. The minimum atomic E-state index is -0.207. The zero-order valence-electron chi connectivity index (χ0n) is 13.9. The Labute approximate surface area is 144 Å². The van der Waals surface area contributed by atoms with Crippen LogP contribution in [0.15, 0.2) is 29.1 Å². The van der Waals surface area contributed by atoms with E-state index in [0.29, 0.717) is 38.5 Å². The lowest BCUT2D eigenvalue weighted by atomic mass is 10.1. The van der Waals surface area contributed by atoms with E-state index in [1.807, 2.05) is 0 Å². The molecule has 0 radical (unpaired) electrons. The minimum Gasteiger partial charge on any atom is -0.459 e. The Morgan fingerprint density at radius 1 is 1.20 bits per heavy atom. The maximum Gasteiger partial charge on any atom is 0.293 e. The number of hydrogen-bond donors (Lipinski definition) is 0. The topological polar surface area (TPSA) is 93.7 Å². The first-order valence-electron chi connectivity index (χ1n) is 8.21. The summed E-state index contributed by atoms with van der Waals surface area (Å²) in [5, 5.41) is 4.06. The Bertz CT molecular complexity index is 771. The molecule has 0 saturated carbocycles. The summed E-state index contributed by atoms with van der Waals surface area (Å²) < 4.78 is 12.6. The second-order valence-electron chi connectivity index (χ2n) is 6.35. The summed E-state index contributed by atoms with van der Waals surface area (Å²) >= 11 is 0. The van der Waals surface area contributed by atoms with Gasteiger partial charge >= 0.3 is 0 Å². The summed E-state index contributed by atoms with van der Waals surface area (Å²) in [4.78, 5) is 32.5. The van der Waals surface area contributed by atoms with Crippen LogP contribution in [0.25, 0.3) is 0 Å². The molecule has 2 atom stereocenters. The third-order valence-corrected chi connectivity index (χ3v) is 4.63. The Hall–Kier alpha value is -2.68. The summed E-state index contributed by atoms with van der Waals surface area (Å²) in [6, 6.07) is 3.35. The number of aryl methyl sites for hydroxylation is 1. The molecule has 25 heavy (non-hydrogen) atoms. The molecule has 2 fully saturated rings. The number of carbonyl (C=O) groups excluding carboxylic acids is 2. The lowest BCUT2D eigenvalue weighted by Gasteiger charge is -2.22. The third kappa shape index (κ3) is 3.02. The normalized spacial score (nSPS) is 23.4. The standard InChI is InChI=1S/C16H19N5O4/c1-19-10-17-14(18-19)16(23)21-8-11-7-20(4-6-25-13(11)9-21)15(22)12-3-2-5-24-12/h2-3,5,10-11,13H,4,6-9H2,1H3/t11-,13+/m0/s1. The van der Waals surface area contributed by atoms with Crippen molar-refractivity contribution >= 4 is 11.8 Å². The Balaban J connectivity index is 1.45. The monoisotopic (exact) mass is 345 g/mol. The molecule has 0 aliphatic carbocycles. The van der Waals surface area contributed by atoms with Gasteiger partial charge in [-0.2, -0.15) is 0 Å². The molecule has 0 spiro atoms. The Kier molecular flexibility index (Phi) is 4.00. The summed E-state index contributed by atoms with van der Waals surface area (Å²) in [7, 11) is 1.72. The first-order chi connectivity index (χ1) is 12.1. The molecule has 2 aliphatic rings. The molecule has 0 unspecified atom stereocenters. The number of likely N-dealkylation sites (tertiary alicyclic amines) is 1. The molecule has 132 valence electrons. The number of rotatable bonds is 2. The van der Waals surface area contributed by atoms with E-state index in [0.717, 1.165) is 0 Å². The number of nitrogens with zero attached hydrogens (tertiary/aromatic N) is 5. The lowest BCUT2D eigenvalue weighted by molar-refractivity contribution is 0.0473. The molecule has 4 heterocycles. The average molecular weight is 345 g/mol. The molecule has 0 aromatic carbocycles. The van der Waals surface area contributed by atoms with E-state index >= 15 is 0 Å². The number of hydrogen-bond acceptors (Lipinski definition) is 6. The maximum atomic E-state index is 12.5. The van der Waals surface area contributed by atoms with E-state index in [9.17, 15) is 9.59 Å². The number of furan rings is 1. The van der Waals surface area contributed by atoms with Crippen LogP contribution in [-0.4, -0.2) is 75.3 Å². The quantitative estimate of drug-likeness (QED) is 0.762. The zero-order chi connectivity index (χ0) is 17.4. The van der Waals surface area contributed by atoms with Crippen LogP contribution in [0.4, 0.5) is 0 Å². The van der Waals surface area contributed by atoms with Gasteiger partial charge < -0.3 is 19.0 Å². The van der Waals surface area contributed by atoms with Gasteiger partial charge in [-0.1, -0.05) is 0 Å². The molecule has 2 aromatic heterocycles. The highest BCUT2D eigenvalue weighted by Crippen LogP contribution is 2.25. The first kappa shape index (κ1) is 15.8. The zero-order valence-corrected chi connectivity index (χ0v) is 13.9. The van der Waals surface area contributed by atoms with Gasteiger partial charge in [0, 0.05) is 39.1 Å². The Morgan fingerprint density at radius 3 is 2.76 bits per heavy atom. The van der Waals surface area contributed by atoms with Crippen molar-refractivity contribution in [1.29, 1.82) is 0 Å². The molecule has 2 aliphatic heterocycles. The average Bonchev–Trinajstić information content (AvgIpc) is 3.33. The van der Waals surface area contributed by atoms with E-state index in [1.165, 1.54) is 17.3 Å². The van der Waals surface area contributed by atoms with Gasteiger partial charge in [0.15, 0.2) is 5.76 Å². The molecule has 0 bridgehead atoms. The van der Waals surface area contributed by atoms with Crippen molar-refractivity contribution in [1.82, 2.24) is 24.6 Å². The molecule has 2 amide bonds. The van der Waals surface area contributed by atoms with E-state index in [-0.39, 0.29) is 29.7 Å². The van der Waals surface area contributed by atoms with Crippen LogP contribution in [0.1, 0.15) is 21.2 Å². The highest BCUT2D eigenvalue weighted by molar-refractivity contribution is 5.92. The van der Waals surface area contributed by atoms with Crippen LogP contribution in [0, 0.1) is 5.92 Å². The van der Waals surface area contributed by atoms with Gasteiger partial charge in [-0.3, -0.25) is 14.3 Å². The van der Waals surface area contributed by atoms with Gasteiger partial charge in [-0.15, -0.1) is 5.10 Å². The van der Waals surface area contributed by atoms with Crippen LogP contribution >= 0.6 is 0 Å². The van der Waals surface area contributed by atoms with E-state index in [4.69, 9.17) is 9.15 Å². The molecule has 9 heteroatoms. The predicted molar refractivity (Wildman–Crippen MR) is 84.7 cm³/mol. The third-order valence-electron chi connectivity index (χ3n) is 4.63. The van der Waals surface area contributed by atoms with E-state index in [2.05, 4.69) is 10.1 Å². The second-order valence-corrected chi connectivity index (χ2v) is 6.35. The van der Waals surface area contributed by atoms with Gasteiger partial charge in [0.2, 0.25) is 5.82 Å². The fourth-order valence-corrected chi connectivity index (χ4v) is 3.38. The second kappa shape index (κ2) is 6.32. The first-order valence-corrected chi connectivity index (χ1v) is 8.21. The van der Waals surface area contributed by atoms with Crippen LogP contribution < -0.4 is 0 Å². The number of aromatic nitrogens is 3. The summed E-state index contributed by atoms with van der Waals surface area (Å²) in [5.74, 6) is 0.213. The van der Waals surface area contributed by atoms with Crippen molar-refractivity contribution in [3.05, 3.63) is 36.3 Å². The SMILES string of the molecule is Cn1cnc(C(=O)N2C[C@@H]3CN(C(=O)c4ccco4)CCO[C@@H]3C2)n1. The highest BCUT2D eigenvalue weighted by Gasteiger charge is 2.40. The minimum absolute atomic E-state index is 0.0640. The maximum absolute atomic E-state index is 12.5. The fourth-order valence-electron chi connectivity index (χ4n) is 3.38. The van der Waals surface area contributed by atoms with Crippen molar-refractivity contribution in [2.75, 3.05) is 32.8 Å². The molecule has 2 aromatic rings. The van der Waals surface area contributed by atoms with Crippen molar-refractivity contribution in [2.24, 2.45) is 13.0 Å². The van der Waals surface area contributed by atoms with E-state index in [1.54, 1.807) is 29.0 Å². The summed E-state index contributed by atoms with van der Waals surface area (Å²) in [6.07, 6.45) is 2.91. The number of ether oxygens (including phenoxy) is 1. The van der Waals surface area contributed by atoms with Crippen LogP contribution in [0.5, 0.6) is 0 Å². The van der Waals surface area contributed by atoms with Crippen LogP contribution in [0.3, 0.4) is 0 Å². The Morgan fingerprint density at radius 2 is 2.04 bits per heavy atom. The molecule has 9 nitrogen and oxygen atoms in total. The summed E-state index contributed by atoms with van der Waals surface area (Å²) in [5.41, 5.74) is 0. The largest absolute Gasteiger partial charge is 0.459 e. The smallest absolute Gasteiger partial charge is 0.293 e. The number of amides is 2. The molecular weight excluding hydrogens is 326 g/mol. The van der Waals surface area contributed by atoms with Crippen molar-refractivity contribution in [3.8, 4) is 0 Å². The summed E-state index contributed by atoms with van der Waals surface area (Å²) in [6.45, 7) is 2.50. The van der Waals surface area contributed by atoms with Crippen molar-refractivity contribution < 1.29 is 18.7 Å². The van der Waals surface area contributed by atoms with Crippen LogP contribution in [0.2, 0.25) is 0 Å². The lowest BCUT2D eigenvalue weighted by Crippen LogP contribution is -2.38. The predicted octanol–water partition coefficient (Wildman–Crippen LogP) is 0.0213. The molecule has 4 rings (SSSR count). The van der Waals surface area contributed by atoms with Crippen molar-refractivity contribution in [2.45, 2.75) is 6.10 Å². The van der Waals surface area contributed by atoms with Crippen LogP contribution in [-0.2, 0) is 11.8 Å². The molecular formula is C16H19N5O4. The molecule has 2 saturated heterocycles. The van der Waals surface area contributed by atoms with Gasteiger partial charge in [0.05, 0.1) is 19.0 Å². The van der Waals surface area contributed by atoms with E-state index < -0.39 is 0 Å². The van der Waals surface area contributed by atoms with Crippen molar-refractivity contribution in [3.63, 3.8) is 0 Å². The van der Waals surface area contributed by atoms with Gasteiger partial charge in [-0.05, 0) is 12.1 Å². The van der Waals surface area contributed by atoms with Gasteiger partial charge in [0.25, 0.3) is 11.8 Å². The fraction of sp³-hybridized carbons (Fsp3) is 0.500. The highest BCUT2D eigenvalue weighted by atomic mass is 16.5.